The van der Waals surface area contributed by atoms with Crippen molar-refractivity contribution in [3.63, 3.8) is 0 Å². The van der Waals surface area contributed by atoms with Crippen LogP contribution in [0, 0.1) is 5.82 Å². The van der Waals surface area contributed by atoms with Crippen molar-refractivity contribution < 1.29 is 9.18 Å². The van der Waals surface area contributed by atoms with Crippen LogP contribution in [0.1, 0.15) is 58.4 Å². The second-order valence-corrected chi connectivity index (χ2v) is 8.48. The first-order chi connectivity index (χ1) is 14.0. The number of carbonyl (C=O) groups is 1. The first-order valence-electron chi connectivity index (χ1n) is 9.62. The Hall–Kier alpha value is -2.37. The van der Waals surface area contributed by atoms with Crippen LogP contribution in [0.5, 0.6) is 0 Å². The number of carbonyl (C=O) groups excluding carboxylic acids is 1. The monoisotopic (exact) mass is 429 g/mol. The highest BCUT2D eigenvalue weighted by Gasteiger charge is 2.44. The number of rotatable bonds is 4. The van der Waals surface area contributed by atoms with Crippen LogP contribution in [0.25, 0.3) is 5.69 Å². The maximum Gasteiger partial charge on any atom is 0.272 e. The van der Waals surface area contributed by atoms with Crippen LogP contribution in [0.3, 0.4) is 0 Å². The normalized spacial score (nSPS) is 19.4. The first-order valence-corrected chi connectivity index (χ1v) is 10.4. The molecule has 1 amide bonds. The van der Waals surface area contributed by atoms with Gasteiger partial charge in [0.05, 0.1) is 16.4 Å². The molecule has 4 nitrogen and oxygen atoms in total. The summed E-state index contributed by atoms with van der Waals surface area (Å²) in [5.41, 5.74) is 3.65. The lowest BCUT2D eigenvalue weighted by Gasteiger charge is -2.15. The maximum absolute atomic E-state index is 13.9. The zero-order chi connectivity index (χ0) is 20.1. The molecule has 2 aliphatic rings. The highest BCUT2D eigenvalue weighted by molar-refractivity contribution is 6.35. The topological polar surface area (TPSA) is 46.9 Å². The first kappa shape index (κ1) is 18.6. The second kappa shape index (κ2) is 7.15. The van der Waals surface area contributed by atoms with Gasteiger partial charge < -0.3 is 5.32 Å². The molecule has 1 aromatic heterocycles. The molecule has 0 saturated heterocycles. The Morgan fingerprint density at radius 3 is 2.76 bits per heavy atom. The third-order valence-electron chi connectivity index (χ3n) is 5.94. The van der Waals surface area contributed by atoms with E-state index in [4.69, 9.17) is 23.2 Å². The van der Waals surface area contributed by atoms with E-state index >= 15 is 0 Å². The molecule has 3 aromatic rings. The van der Waals surface area contributed by atoms with Crippen molar-refractivity contribution in [1.29, 1.82) is 0 Å². The van der Waals surface area contributed by atoms with Crippen molar-refractivity contribution in [3.05, 3.63) is 80.8 Å². The van der Waals surface area contributed by atoms with Gasteiger partial charge in [0, 0.05) is 28.6 Å². The summed E-state index contributed by atoms with van der Waals surface area (Å²) < 4.78 is 15.7. The number of hydrogen-bond donors (Lipinski definition) is 1. The summed E-state index contributed by atoms with van der Waals surface area (Å²) >= 11 is 12.5. The van der Waals surface area contributed by atoms with Gasteiger partial charge >= 0.3 is 0 Å². The Labute approximate surface area is 177 Å². The van der Waals surface area contributed by atoms with Crippen molar-refractivity contribution >= 4 is 29.1 Å². The fraction of sp³-hybridized carbons (Fsp3) is 0.273. The zero-order valence-electron chi connectivity index (χ0n) is 15.5. The van der Waals surface area contributed by atoms with E-state index in [0.717, 1.165) is 30.5 Å². The molecule has 29 heavy (non-hydrogen) atoms. The molecule has 0 spiro atoms. The summed E-state index contributed by atoms with van der Waals surface area (Å²) in [6.07, 6.45) is 3.18. The number of fused-ring (bicyclic) bond motifs is 5. The van der Waals surface area contributed by atoms with Gasteiger partial charge in [0.1, 0.15) is 5.82 Å². The number of hydrogen-bond acceptors (Lipinski definition) is 2. The molecule has 2 unspecified atom stereocenters. The molecular weight excluding hydrogens is 412 g/mol. The van der Waals surface area contributed by atoms with Crippen LogP contribution in [-0.4, -0.2) is 15.7 Å². The van der Waals surface area contributed by atoms with Crippen LogP contribution in [-0.2, 0) is 6.54 Å². The van der Waals surface area contributed by atoms with Crippen LogP contribution in [0.2, 0.25) is 10.0 Å². The molecule has 2 aliphatic carbocycles. The minimum atomic E-state index is -0.337. The van der Waals surface area contributed by atoms with Crippen LogP contribution >= 0.6 is 23.2 Å². The van der Waals surface area contributed by atoms with E-state index in [2.05, 4.69) is 10.4 Å². The Kier molecular flexibility index (Phi) is 4.60. The van der Waals surface area contributed by atoms with E-state index in [9.17, 15) is 9.18 Å². The Morgan fingerprint density at radius 1 is 1.17 bits per heavy atom. The summed E-state index contributed by atoms with van der Waals surface area (Å²) in [6.45, 7) is 0.114. The lowest BCUT2D eigenvalue weighted by atomic mass is 9.95. The molecule has 2 aromatic carbocycles. The summed E-state index contributed by atoms with van der Waals surface area (Å²) in [6, 6.07) is 11.7. The van der Waals surface area contributed by atoms with Crippen molar-refractivity contribution in [2.45, 2.75) is 37.6 Å². The molecular formula is C22H18Cl2FN3O. The Morgan fingerprint density at radius 2 is 1.97 bits per heavy atom. The maximum atomic E-state index is 13.9. The highest BCUT2D eigenvalue weighted by Crippen LogP contribution is 2.54. The van der Waals surface area contributed by atoms with Gasteiger partial charge in [-0.2, -0.15) is 5.10 Å². The van der Waals surface area contributed by atoms with Crippen molar-refractivity contribution in [2.24, 2.45) is 0 Å². The number of nitrogens with one attached hydrogen (secondary N) is 1. The molecule has 0 radical (unpaired) electrons. The van der Waals surface area contributed by atoms with E-state index < -0.39 is 0 Å². The molecule has 1 saturated carbocycles. The number of halogens is 3. The Bertz CT molecular complexity index is 1130. The van der Waals surface area contributed by atoms with Crippen molar-refractivity contribution in [3.8, 4) is 5.69 Å². The predicted octanol–water partition coefficient (Wildman–Crippen LogP) is 5.61. The van der Waals surface area contributed by atoms with E-state index in [1.807, 2.05) is 6.07 Å². The molecule has 1 fully saturated rings. The standard InChI is InChI=1S/C22H18Cl2FN3O/c23-15-7-8-18(16(24)10-15)28-21-13-6-5-12(9-13)19(21)20(27-28)22(29)26-11-14-3-1-2-4-17(14)25/h1-4,7-8,10,12-13H,5-6,9,11H2,(H,26,29). The summed E-state index contributed by atoms with van der Waals surface area (Å²) in [7, 11) is 0. The molecule has 2 bridgehead atoms. The van der Waals surface area contributed by atoms with E-state index in [-0.39, 0.29) is 18.3 Å². The molecule has 2 atom stereocenters. The highest BCUT2D eigenvalue weighted by atomic mass is 35.5. The van der Waals surface area contributed by atoms with Crippen LogP contribution in [0.4, 0.5) is 4.39 Å². The molecule has 1 heterocycles. The lowest BCUT2D eigenvalue weighted by molar-refractivity contribution is 0.0944. The van der Waals surface area contributed by atoms with Gasteiger partial charge in [0.15, 0.2) is 5.69 Å². The van der Waals surface area contributed by atoms with E-state index in [0.29, 0.717) is 38.8 Å². The Balaban J connectivity index is 1.52. The van der Waals surface area contributed by atoms with Gasteiger partial charge in [-0.1, -0.05) is 41.4 Å². The third-order valence-corrected chi connectivity index (χ3v) is 6.47. The van der Waals surface area contributed by atoms with Gasteiger partial charge in [0.25, 0.3) is 5.91 Å². The molecule has 0 aliphatic heterocycles. The summed E-state index contributed by atoms with van der Waals surface area (Å²) in [5, 5.41) is 8.51. The fourth-order valence-electron chi connectivity index (χ4n) is 4.64. The predicted molar refractivity (Wildman–Crippen MR) is 110 cm³/mol. The van der Waals surface area contributed by atoms with Gasteiger partial charge in [-0.15, -0.1) is 0 Å². The molecule has 148 valence electrons. The minimum absolute atomic E-state index is 0.114. The third kappa shape index (κ3) is 3.13. The molecule has 1 N–H and O–H groups in total. The van der Waals surface area contributed by atoms with Gasteiger partial charge in [-0.25, -0.2) is 9.07 Å². The van der Waals surface area contributed by atoms with Crippen molar-refractivity contribution in [2.75, 3.05) is 0 Å². The zero-order valence-corrected chi connectivity index (χ0v) is 17.0. The largest absolute Gasteiger partial charge is 0.346 e. The fourth-order valence-corrected chi connectivity index (χ4v) is 5.12. The summed E-state index contributed by atoms with van der Waals surface area (Å²) in [5.74, 6) is 0.0860. The van der Waals surface area contributed by atoms with Gasteiger partial charge in [-0.3, -0.25) is 4.79 Å². The SMILES string of the molecule is O=C(NCc1ccccc1F)c1nn(-c2ccc(Cl)cc2Cl)c2c1C1CCC2C1. The van der Waals surface area contributed by atoms with Gasteiger partial charge in [-0.05, 0) is 49.4 Å². The quantitative estimate of drug-likeness (QED) is 0.585. The van der Waals surface area contributed by atoms with Gasteiger partial charge in [0.2, 0.25) is 0 Å². The average molecular weight is 430 g/mol. The average Bonchev–Trinajstić information content (AvgIpc) is 3.40. The lowest BCUT2D eigenvalue weighted by Crippen LogP contribution is -2.25. The molecule has 7 heteroatoms. The number of amides is 1. The van der Waals surface area contributed by atoms with Crippen LogP contribution in [0.15, 0.2) is 42.5 Å². The van der Waals surface area contributed by atoms with Crippen LogP contribution < -0.4 is 5.32 Å². The van der Waals surface area contributed by atoms with E-state index in [1.165, 1.54) is 6.07 Å². The second-order valence-electron chi connectivity index (χ2n) is 7.64. The number of nitrogens with zero attached hydrogens (tertiary/aromatic N) is 2. The molecule has 5 rings (SSSR count). The summed E-state index contributed by atoms with van der Waals surface area (Å²) in [4.78, 5) is 13.0. The van der Waals surface area contributed by atoms with Crippen molar-refractivity contribution in [1.82, 2.24) is 15.1 Å². The number of benzene rings is 2. The minimum Gasteiger partial charge on any atom is -0.346 e. The number of aromatic nitrogens is 2. The van der Waals surface area contributed by atoms with E-state index in [1.54, 1.807) is 35.0 Å². The smallest absolute Gasteiger partial charge is 0.272 e.